The van der Waals surface area contributed by atoms with Crippen LogP contribution in [-0.4, -0.2) is 12.9 Å². The number of ketones is 1. The summed E-state index contributed by atoms with van der Waals surface area (Å²) < 4.78 is 4.58. The van der Waals surface area contributed by atoms with Gasteiger partial charge in [-0.2, -0.15) is 0 Å². The molecule has 50 valence electrons. The maximum atomic E-state index is 10.2. The van der Waals surface area contributed by atoms with Gasteiger partial charge in [0, 0.05) is 0 Å². The first kappa shape index (κ1) is 7.95. The van der Waals surface area contributed by atoms with Crippen LogP contribution in [0.1, 0.15) is 6.92 Å². The largest absolute Gasteiger partial charge is 0.504 e. The van der Waals surface area contributed by atoms with Crippen LogP contribution in [0, 0.1) is 0 Å². The third-order valence-corrected chi connectivity index (χ3v) is 0.657. The summed E-state index contributed by atoms with van der Waals surface area (Å²) in [6.45, 7) is 1.50. The highest BCUT2D eigenvalue weighted by atomic mass is 16.5. The number of allylic oxidation sites excluding steroid dienone is 3. The van der Waals surface area contributed by atoms with Crippen LogP contribution in [0.15, 0.2) is 24.5 Å². The summed E-state index contributed by atoms with van der Waals surface area (Å²) in [5.41, 5.74) is 0. The Morgan fingerprint density at radius 1 is 1.44 bits per heavy atom. The Labute approximate surface area is 54.8 Å². The SMILES string of the molecule is CO/C=C\C=C\C(C)=O. The normalized spacial score (nSPS) is 10.9. The summed E-state index contributed by atoms with van der Waals surface area (Å²) in [5, 5.41) is 0. The van der Waals surface area contributed by atoms with E-state index in [-0.39, 0.29) is 5.78 Å². The van der Waals surface area contributed by atoms with Crippen molar-refractivity contribution >= 4 is 5.78 Å². The van der Waals surface area contributed by atoms with Crippen LogP contribution >= 0.6 is 0 Å². The first-order valence-corrected chi connectivity index (χ1v) is 2.64. The van der Waals surface area contributed by atoms with Gasteiger partial charge in [-0.3, -0.25) is 4.79 Å². The minimum Gasteiger partial charge on any atom is -0.504 e. The molecule has 0 N–H and O–H groups in total. The zero-order chi connectivity index (χ0) is 7.11. The van der Waals surface area contributed by atoms with E-state index < -0.39 is 0 Å². The van der Waals surface area contributed by atoms with Crippen LogP contribution in [0.5, 0.6) is 0 Å². The second-order valence-corrected chi connectivity index (χ2v) is 1.53. The maximum absolute atomic E-state index is 10.2. The highest BCUT2D eigenvalue weighted by Gasteiger charge is 1.75. The molecule has 0 aliphatic heterocycles. The summed E-state index contributed by atoms with van der Waals surface area (Å²) >= 11 is 0. The smallest absolute Gasteiger partial charge is 0.152 e. The highest BCUT2D eigenvalue weighted by Crippen LogP contribution is 1.78. The Balaban J connectivity index is 3.47. The van der Waals surface area contributed by atoms with Gasteiger partial charge in [-0.05, 0) is 19.1 Å². The molecule has 0 unspecified atom stereocenters. The molecule has 0 saturated heterocycles. The van der Waals surface area contributed by atoms with Crippen molar-refractivity contribution in [2.45, 2.75) is 6.92 Å². The summed E-state index contributed by atoms with van der Waals surface area (Å²) in [7, 11) is 1.55. The number of ether oxygens (including phenoxy) is 1. The number of carbonyl (C=O) groups excluding carboxylic acids is 1. The minimum atomic E-state index is 0.0377. The van der Waals surface area contributed by atoms with Gasteiger partial charge >= 0.3 is 0 Å². The lowest BCUT2D eigenvalue weighted by Gasteiger charge is -1.80. The molecule has 0 aromatic carbocycles. The molecule has 0 heterocycles. The molecule has 0 aromatic heterocycles. The average Bonchev–Trinajstić information content (AvgIpc) is 1.80. The third-order valence-electron chi connectivity index (χ3n) is 0.657. The van der Waals surface area contributed by atoms with E-state index in [4.69, 9.17) is 0 Å². The molecule has 2 heteroatoms. The van der Waals surface area contributed by atoms with Crippen LogP contribution in [0.25, 0.3) is 0 Å². The van der Waals surface area contributed by atoms with E-state index in [1.54, 1.807) is 19.3 Å². The molecule has 9 heavy (non-hydrogen) atoms. The Morgan fingerprint density at radius 3 is 2.56 bits per heavy atom. The summed E-state index contributed by atoms with van der Waals surface area (Å²) in [6.07, 6.45) is 6.25. The Morgan fingerprint density at radius 2 is 2.11 bits per heavy atom. The van der Waals surface area contributed by atoms with Gasteiger partial charge in [0.2, 0.25) is 0 Å². The number of hydrogen-bond donors (Lipinski definition) is 0. The fourth-order valence-corrected chi connectivity index (χ4v) is 0.315. The quantitative estimate of drug-likeness (QED) is 0.323. The Kier molecular flexibility index (Phi) is 4.50. The summed E-state index contributed by atoms with van der Waals surface area (Å²) in [5.74, 6) is 0.0377. The van der Waals surface area contributed by atoms with Crippen molar-refractivity contribution in [2.75, 3.05) is 7.11 Å². The molecule has 0 aliphatic carbocycles. The van der Waals surface area contributed by atoms with Crippen LogP contribution in [0.2, 0.25) is 0 Å². The van der Waals surface area contributed by atoms with Crippen LogP contribution in [0.4, 0.5) is 0 Å². The van der Waals surface area contributed by atoms with Gasteiger partial charge in [0.25, 0.3) is 0 Å². The molecule has 2 nitrogen and oxygen atoms in total. The molecule has 0 aliphatic rings. The van der Waals surface area contributed by atoms with Crippen molar-refractivity contribution in [3.8, 4) is 0 Å². The van der Waals surface area contributed by atoms with Gasteiger partial charge < -0.3 is 4.74 Å². The zero-order valence-electron chi connectivity index (χ0n) is 5.63. The van der Waals surface area contributed by atoms with Gasteiger partial charge in [0.15, 0.2) is 5.78 Å². The predicted molar refractivity (Wildman–Crippen MR) is 36.0 cm³/mol. The molecule has 0 rings (SSSR count). The van der Waals surface area contributed by atoms with Crippen molar-refractivity contribution in [2.24, 2.45) is 0 Å². The van der Waals surface area contributed by atoms with E-state index in [0.29, 0.717) is 0 Å². The minimum absolute atomic E-state index is 0.0377. The number of hydrogen-bond acceptors (Lipinski definition) is 2. The van der Waals surface area contributed by atoms with Crippen molar-refractivity contribution in [1.29, 1.82) is 0 Å². The predicted octanol–water partition coefficient (Wildman–Crippen LogP) is 1.29. The van der Waals surface area contributed by atoms with Crippen molar-refractivity contribution < 1.29 is 9.53 Å². The van der Waals surface area contributed by atoms with E-state index in [1.165, 1.54) is 19.3 Å². The van der Waals surface area contributed by atoms with Crippen LogP contribution in [-0.2, 0) is 9.53 Å². The molecule has 0 spiro atoms. The molecule has 0 amide bonds. The van der Waals surface area contributed by atoms with E-state index in [9.17, 15) is 4.79 Å². The molecule has 0 atom stereocenters. The van der Waals surface area contributed by atoms with Gasteiger partial charge in [0.05, 0.1) is 13.4 Å². The molecular formula is C7H10O2. The third kappa shape index (κ3) is 6.95. The van der Waals surface area contributed by atoms with E-state index >= 15 is 0 Å². The van der Waals surface area contributed by atoms with Crippen LogP contribution < -0.4 is 0 Å². The molecule has 0 fully saturated rings. The number of carbonyl (C=O) groups is 1. The zero-order valence-corrected chi connectivity index (χ0v) is 5.63. The first-order valence-electron chi connectivity index (χ1n) is 2.64. The first-order chi connectivity index (χ1) is 4.27. The Hall–Kier alpha value is -1.05. The Bertz CT molecular complexity index is 134. The van der Waals surface area contributed by atoms with E-state index in [0.717, 1.165) is 0 Å². The number of methoxy groups -OCH3 is 1. The second kappa shape index (κ2) is 5.09. The second-order valence-electron chi connectivity index (χ2n) is 1.53. The standard InChI is InChI=1S/C7H10O2/c1-7(8)5-3-4-6-9-2/h3-6H,1-2H3/b5-3+,6-4-. The molecule has 0 radical (unpaired) electrons. The average molecular weight is 126 g/mol. The molecule has 0 bridgehead atoms. The highest BCUT2D eigenvalue weighted by molar-refractivity contribution is 5.87. The maximum Gasteiger partial charge on any atom is 0.152 e. The van der Waals surface area contributed by atoms with Crippen LogP contribution in [0.3, 0.4) is 0 Å². The van der Waals surface area contributed by atoms with E-state index in [1.807, 2.05) is 0 Å². The fourth-order valence-electron chi connectivity index (χ4n) is 0.315. The van der Waals surface area contributed by atoms with Crippen molar-refractivity contribution in [3.63, 3.8) is 0 Å². The molecule has 0 saturated carbocycles. The van der Waals surface area contributed by atoms with Gasteiger partial charge in [-0.1, -0.05) is 6.08 Å². The number of rotatable bonds is 3. The summed E-state index contributed by atoms with van der Waals surface area (Å²) in [6, 6.07) is 0. The topological polar surface area (TPSA) is 26.3 Å². The van der Waals surface area contributed by atoms with Crippen molar-refractivity contribution in [1.82, 2.24) is 0 Å². The van der Waals surface area contributed by atoms with Gasteiger partial charge in [-0.15, -0.1) is 0 Å². The van der Waals surface area contributed by atoms with E-state index in [2.05, 4.69) is 4.74 Å². The molecular weight excluding hydrogens is 116 g/mol. The monoisotopic (exact) mass is 126 g/mol. The summed E-state index contributed by atoms with van der Waals surface area (Å²) in [4.78, 5) is 10.2. The lowest BCUT2D eigenvalue weighted by molar-refractivity contribution is -0.112. The van der Waals surface area contributed by atoms with Gasteiger partial charge in [-0.25, -0.2) is 0 Å². The lowest BCUT2D eigenvalue weighted by atomic mass is 10.4. The van der Waals surface area contributed by atoms with Crippen molar-refractivity contribution in [3.05, 3.63) is 24.5 Å². The fraction of sp³-hybridized carbons (Fsp3) is 0.286. The molecule has 0 aromatic rings. The lowest BCUT2D eigenvalue weighted by Crippen LogP contribution is -1.77. The van der Waals surface area contributed by atoms with Gasteiger partial charge in [0.1, 0.15) is 0 Å².